The predicted octanol–water partition coefficient (Wildman–Crippen LogP) is 2.64. The first-order chi connectivity index (χ1) is 7.27. The molecule has 0 atom stereocenters. The topological polar surface area (TPSA) is 53.2 Å². The highest BCUT2D eigenvalue weighted by Gasteiger charge is 2.02. The maximum absolute atomic E-state index is 9.30. The van der Waals surface area contributed by atoms with Crippen molar-refractivity contribution in [3.8, 4) is 17.6 Å². The zero-order valence-electron chi connectivity index (χ0n) is 8.86. The lowest BCUT2D eigenvalue weighted by molar-refractivity contribution is 0.308. The largest absolute Gasteiger partial charge is 0.508 e. The van der Waals surface area contributed by atoms with Gasteiger partial charge in [0.25, 0.3) is 0 Å². The summed E-state index contributed by atoms with van der Waals surface area (Å²) in [7, 11) is 0. The minimum Gasteiger partial charge on any atom is -0.508 e. The van der Waals surface area contributed by atoms with E-state index in [0.717, 1.165) is 24.2 Å². The second-order valence-corrected chi connectivity index (χ2v) is 3.26. The molecular weight excluding hydrogens is 190 g/mol. The van der Waals surface area contributed by atoms with Crippen molar-refractivity contribution < 1.29 is 9.84 Å². The zero-order valence-corrected chi connectivity index (χ0v) is 8.86. The number of rotatable bonds is 5. The summed E-state index contributed by atoms with van der Waals surface area (Å²) in [6, 6.07) is 7.19. The van der Waals surface area contributed by atoms with E-state index < -0.39 is 0 Å². The predicted molar refractivity (Wildman–Crippen MR) is 57.8 cm³/mol. The first-order valence-corrected chi connectivity index (χ1v) is 5.09. The Bertz CT molecular complexity index is 355. The molecule has 0 bridgehead atoms. The van der Waals surface area contributed by atoms with E-state index in [1.165, 1.54) is 0 Å². The number of hydrogen-bond donors (Lipinski definition) is 1. The molecule has 1 aromatic carbocycles. The number of ether oxygens (including phenoxy) is 1. The third-order valence-corrected chi connectivity index (χ3v) is 2.12. The van der Waals surface area contributed by atoms with Crippen LogP contribution in [0.3, 0.4) is 0 Å². The van der Waals surface area contributed by atoms with E-state index in [1.807, 2.05) is 13.0 Å². The molecule has 0 saturated heterocycles. The first kappa shape index (κ1) is 11.4. The van der Waals surface area contributed by atoms with Gasteiger partial charge in [0.05, 0.1) is 12.7 Å². The quantitative estimate of drug-likeness (QED) is 0.752. The number of nitrogens with zero attached hydrogens (tertiary/aromatic N) is 1. The lowest BCUT2D eigenvalue weighted by Crippen LogP contribution is -1.99. The van der Waals surface area contributed by atoms with Gasteiger partial charge < -0.3 is 9.84 Å². The Balaban J connectivity index is 2.58. The van der Waals surface area contributed by atoms with Gasteiger partial charge in [-0.1, -0.05) is 13.0 Å². The Morgan fingerprint density at radius 2 is 2.27 bits per heavy atom. The average Bonchev–Trinajstić information content (AvgIpc) is 2.25. The molecule has 0 radical (unpaired) electrons. The molecule has 80 valence electrons. The molecule has 3 heteroatoms. The maximum atomic E-state index is 9.30. The lowest BCUT2D eigenvalue weighted by Gasteiger charge is -2.09. The molecule has 0 saturated carbocycles. The molecular formula is C12H15NO2. The molecule has 0 amide bonds. The van der Waals surface area contributed by atoms with Gasteiger partial charge in [-0.05, 0) is 24.5 Å². The van der Waals surface area contributed by atoms with Crippen LogP contribution in [0.4, 0.5) is 0 Å². The van der Waals surface area contributed by atoms with Crippen LogP contribution in [0.5, 0.6) is 11.5 Å². The van der Waals surface area contributed by atoms with Gasteiger partial charge in [-0.15, -0.1) is 0 Å². The summed E-state index contributed by atoms with van der Waals surface area (Å²) in [5.41, 5.74) is 1.07. The van der Waals surface area contributed by atoms with E-state index in [-0.39, 0.29) is 5.75 Å². The number of benzene rings is 1. The van der Waals surface area contributed by atoms with Crippen molar-refractivity contribution in [3.63, 3.8) is 0 Å². The van der Waals surface area contributed by atoms with E-state index in [1.54, 1.807) is 12.1 Å². The summed E-state index contributed by atoms with van der Waals surface area (Å²) in [6.07, 6.45) is 2.09. The Kier molecular flexibility index (Phi) is 4.49. The van der Waals surface area contributed by atoms with E-state index >= 15 is 0 Å². The Labute approximate surface area is 89.9 Å². The Morgan fingerprint density at radius 1 is 1.47 bits per heavy atom. The summed E-state index contributed by atoms with van der Waals surface area (Å²) in [5.74, 6) is 0.929. The van der Waals surface area contributed by atoms with Gasteiger partial charge in [0.1, 0.15) is 11.5 Å². The minimum atomic E-state index is 0.211. The number of unbranched alkanes of at least 4 members (excludes halogenated alkanes) is 1. The summed E-state index contributed by atoms with van der Waals surface area (Å²) in [5, 5.41) is 17.7. The van der Waals surface area contributed by atoms with Crippen LogP contribution in [0.1, 0.15) is 25.3 Å². The SMILES string of the molecule is CCc1ccc(O)cc1OCCCC#N. The third-order valence-electron chi connectivity index (χ3n) is 2.12. The van der Waals surface area contributed by atoms with Gasteiger partial charge in [0, 0.05) is 12.5 Å². The standard InChI is InChI=1S/C12H15NO2/c1-2-10-5-6-11(14)9-12(10)15-8-4-3-7-13/h5-6,9,14H,2-4,8H2,1H3. The van der Waals surface area contributed by atoms with Crippen molar-refractivity contribution in [2.75, 3.05) is 6.61 Å². The molecule has 0 heterocycles. The molecule has 0 spiro atoms. The molecule has 3 nitrogen and oxygen atoms in total. The fourth-order valence-electron chi connectivity index (χ4n) is 1.30. The van der Waals surface area contributed by atoms with Crippen LogP contribution in [0.25, 0.3) is 0 Å². The zero-order chi connectivity index (χ0) is 11.1. The van der Waals surface area contributed by atoms with Crippen molar-refractivity contribution in [1.29, 1.82) is 5.26 Å². The Morgan fingerprint density at radius 3 is 2.93 bits per heavy atom. The van der Waals surface area contributed by atoms with Gasteiger partial charge in [-0.3, -0.25) is 0 Å². The highest BCUT2D eigenvalue weighted by atomic mass is 16.5. The molecule has 1 aromatic rings. The maximum Gasteiger partial charge on any atom is 0.126 e. The van der Waals surface area contributed by atoms with Crippen LogP contribution >= 0.6 is 0 Å². The molecule has 0 aliphatic heterocycles. The summed E-state index contributed by atoms with van der Waals surface area (Å²) in [6.45, 7) is 2.55. The average molecular weight is 205 g/mol. The van der Waals surface area contributed by atoms with E-state index in [4.69, 9.17) is 10.00 Å². The van der Waals surface area contributed by atoms with Gasteiger partial charge in [0.15, 0.2) is 0 Å². The molecule has 0 aliphatic carbocycles. The van der Waals surface area contributed by atoms with Gasteiger partial charge in [-0.25, -0.2) is 0 Å². The molecule has 1 N–H and O–H groups in total. The number of phenols is 1. The number of aryl methyl sites for hydroxylation is 1. The fraction of sp³-hybridized carbons (Fsp3) is 0.417. The smallest absolute Gasteiger partial charge is 0.126 e. The number of aromatic hydroxyl groups is 1. The van der Waals surface area contributed by atoms with Crippen LogP contribution < -0.4 is 4.74 Å². The van der Waals surface area contributed by atoms with Gasteiger partial charge in [-0.2, -0.15) is 5.26 Å². The summed E-state index contributed by atoms with van der Waals surface area (Å²) in [4.78, 5) is 0. The molecule has 0 unspecified atom stereocenters. The van der Waals surface area contributed by atoms with E-state index in [0.29, 0.717) is 13.0 Å². The normalized spacial score (nSPS) is 9.60. The molecule has 1 rings (SSSR count). The van der Waals surface area contributed by atoms with Gasteiger partial charge in [0.2, 0.25) is 0 Å². The van der Waals surface area contributed by atoms with Crippen LogP contribution in [0.2, 0.25) is 0 Å². The fourth-order valence-corrected chi connectivity index (χ4v) is 1.30. The number of phenolic OH excluding ortho intramolecular Hbond substituents is 1. The second-order valence-electron chi connectivity index (χ2n) is 3.26. The van der Waals surface area contributed by atoms with Crippen molar-refractivity contribution in [2.45, 2.75) is 26.2 Å². The minimum absolute atomic E-state index is 0.211. The molecule has 0 aromatic heterocycles. The van der Waals surface area contributed by atoms with Crippen molar-refractivity contribution in [1.82, 2.24) is 0 Å². The highest BCUT2D eigenvalue weighted by Crippen LogP contribution is 2.24. The number of hydrogen-bond acceptors (Lipinski definition) is 3. The number of nitriles is 1. The van der Waals surface area contributed by atoms with E-state index in [9.17, 15) is 5.11 Å². The lowest BCUT2D eigenvalue weighted by atomic mass is 10.1. The third kappa shape index (κ3) is 3.51. The van der Waals surface area contributed by atoms with Crippen LogP contribution in [-0.2, 0) is 6.42 Å². The Hall–Kier alpha value is -1.69. The van der Waals surface area contributed by atoms with Crippen LogP contribution in [0.15, 0.2) is 18.2 Å². The second kappa shape index (κ2) is 5.92. The van der Waals surface area contributed by atoms with Crippen LogP contribution in [0, 0.1) is 11.3 Å². The molecule has 0 fully saturated rings. The monoisotopic (exact) mass is 205 g/mol. The van der Waals surface area contributed by atoms with E-state index in [2.05, 4.69) is 6.07 Å². The highest BCUT2D eigenvalue weighted by molar-refractivity contribution is 5.39. The summed E-state index contributed by atoms with van der Waals surface area (Å²) < 4.78 is 5.50. The van der Waals surface area contributed by atoms with Gasteiger partial charge >= 0.3 is 0 Å². The van der Waals surface area contributed by atoms with Crippen LogP contribution in [-0.4, -0.2) is 11.7 Å². The van der Waals surface area contributed by atoms with Crippen molar-refractivity contribution in [3.05, 3.63) is 23.8 Å². The first-order valence-electron chi connectivity index (χ1n) is 5.09. The molecule has 0 aliphatic rings. The summed E-state index contributed by atoms with van der Waals surface area (Å²) >= 11 is 0. The van der Waals surface area contributed by atoms with Crippen molar-refractivity contribution >= 4 is 0 Å². The molecule has 15 heavy (non-hydrogen) atoms. The van der Waals surface area contributed by atoms with Crippen molar-refractivity contribution in [2.24, 2.45) is 0 Å².